The molecule has 0 aromatic carbocycles. The first-order chi connectivity index (χ1) is 6.61. The summed E-state index contributed by atoms with van der Waals surface area (Å²) in [7, 11) is 0. The highest BCUT2D eigenvalue weighted by Crippen LogP contribution is 2.28. The van der Waals surface area contributed by atoms with E-state index in [1.807, 2.05) is 0 Å². The first-order valence-electron chi connectivity index (χ1n) is 3.67. The van der Waals surface area contributed by atoms with E-state index in [2.05, 4.69) is 20.9 Å². The second-order valence-corrected chi connectivity index (χ2v) is 3.27. The number of hydrogen-bond acceptors (Lipinski definition) is 3. The van der Waals surface area contributed by atoms with Gasteiger partial charge in [-0.3, -0.25) is 4.98 Å². The topological polar surface area (TPSA) is 62.7 Å². The normalized spacial score (nSPS) is 10.3. The molecule has 0 saturated carbocycles. The first-order valence-corrected chi connectivity index (χ1v) is 4.46. The monoisotopic (exact) mass is 261 g/mol. The van der Waals surface area contributed by atoms with Gasteiger partial charge < -0.3 is 5.73 Å². The fraction of sp³-hybridized carbons (Fsp3) is 0.250. The molecule has 0 aliphatic heterocycles. The third-order valence-electron chi connectivity index (χ3n) is 1.66. The van der Waals surface area contributed by atoms with Crippen LogP contribution in [0.2, 0.25) is 0 Å². The van der Waals surface area contributed by atoms with Gasteiger partial charge in [0.1, 0.15) is 11.8 Å². The third kappa shape index (κ3) is 1.89. The number of halogens is 3. The molecule has 3 nitrogen and oxygen atoms in total. The van der Waals surface area contributed by atoms with Crippen molar-refractivity contribution in [3.05, 3.63) is 27.5 Å². The summed E-state index contributed by atoms with van der Waals surface area (Å²) in [6, 6.07) is 1.67. The van der Waals surface area contributed by atoms with Crippen LogP contribution in [0.15, 0.2) is 10.7 Å². The Labute approximate surface area is 87.7 Å². The molecule has 0 unspecified atom stereocenters. The predicted octanol–water partition coefficient (Wildman–Crippen LogP) is 2.11. The lowest BCUT2D eigenvalue weighted by Gasteiger charge is -2.06. The smallest absolute Gasteiger partial charge is 0.281 e. The van der Waals surface area contributed by atoms with Crippen LogP contribution in [0.1, 0.15) is 23.2 Å². The molecule has 0 aliphatic carbocycles. The van der Waals surface area contributed by atoms with E-state index in [0.717, 1.165) is 0 Å². The molecule has 0 aliphatic rings. The first kappa shape index (κ1) is 11.0. The van der Waals surface area contributed by atoms with Crippen LogP contribution >= 0.6 is 15.9 Å². The van der Waals surface area contributed by atoms with Crippen LogP contribution in [-0.4, -0.2) is 4.98 Å². The summed E-state index contributed by atoms with van der Waals surface area (Å²) in [4.78, 5) is 3.50. The average Bonchev–Trinajstić information content (AvgIpc) is 2.17. The Bertz CT molecular complexity index is 387. The molecule has 0 radical (unpaired) electrons. The Morgan fingerprint density at radius 3 is 2.71 bits per heavy atom. The van der Waals surface area contributed by atoms with Crippen LogP contribution in [0.4, 0.5) is 8.78 Å². The van der Waals surface area contributed by atoms with Crippen molar-refractivity contribution < 1.29 is 8.78 Å². The van der Waals surface area contributed by atoms with Crippen molar-refractivity contribution in [1.82, 2.24) is 4.98 Å². The molecule has 74 valence electrons. The molecular weight excluding hydrogens is 256 g/mol. The number of aromatic nitrogens is 1. The van der Waals surface area contributed by atoms with E-state index >= 15 is 0 Å². The van der Waals surface area contributed by atoms with Gasteiger partial charge in [-0.15, -0.1) is 0 Å². The molecule has 14 heavy (non-hydrogen) atoms. The lowest BCUT2D eigenvalue weighted by molar-refractivity contribution is 0.145. The Hall–Kier alpha value is -1.06. The highest BCUT2D eigenvalue weighted by atomic mass is 79.9. The molecule has 1 aromatic rings. The number of hydrogen-bond donors (Lipinski definition) is 1. The summed E-state index contributed by atoms with van der Waals surface area (Å²) in [5.74, 6) is 0. The van der Waals surface area contributed by atoms with Crippen LogP contribution < -0.4 is 5.73 Å². The van der Waals surface area contributed by atoms with Crippen molar-refractivity contribution in [3.8, 4) is 6.07 Å². The number of nitrogens with zero attached hydrogens (tertiary/aromatic N) is 2. The Kier molecular flexibility index (Phi) is 3.49. The molecule has 0 bridgehead atoms. The fourth-order valence-electron chi connectivity index (χ4n) is 0.956. The second-order valence-electron chi connectivity index (χ2n) is 2.47. The van der Waals surface area contributed by atoms with Crippen molar-refractivity contribution in [2.45, 2.75) is 13.0 Å². The van der Waals surface area contributed by atoms with Gasteiger partial charge in [0.25, 0.3) is 6.43 Å². The molecule has 0 atom stereocenters. The highest BCUT2D eigenvalue weighted by Gasteiger charge is 2.18. The fourth-order valence-corrected chi connectivity index (χ4v) is 1.51. The lowest BCUT2D eigenvalue weighted by Crippen LogP contribution is -2.04. The molecule has 1 rings (SSSR count). The van der Waals surface area contributed by atoms with Crippen molar-refractivity contribution in [2.24, 2.45) is 5.73 Å². The van der Waals surface area contributed by atoms with Gasteiger partial charge in [-0.25, -0.2) is 8.78 Å². The Balaban J connectivity index is 3.38. The summed E-state index contributed by atoms with van der Waals surface area (Å²) in [6.07, 6.45) is -1.51. The molecule has 0 fully saturated rings. The largest absolute Gasteiger partial charge is 0.326 e. The second kappa shape index (κ2) is 4.44. The van der Waals surface area contributed by atoms with Crippen LogP contribution in [0.5, 0.6) is 0 Å². The Morgan fingerprint density at radius 1 is 1.64 bits per heavy atom. The molecule has 1 aromatic heterocycles. The SMILES string of the molecule is N#Cc1c(C(F)F)ncc(CN)c1Br. The summed E-state index contributed by atoms with van der Waals surface area (Å²) in [5.41, 5.74) is 5.20. The van der Waals surface area contributed by atoms with E-state index < -0.39 is 12.1 Å². The van der Waals surface area contributed by atoms with E-state index in [1.165, 1.54) is 6.20 Å². The molecule has 0 amide bonds. The van der Waals surface area contributed by atoms with E-state index in [1.54, 1.807) is 6.07 Å². The van der Waals surface area contributed by atoms with Gasteiger partial charge >= 0.3 is 0 Å². The van der Waals surface area contributed by atoms with Gasteiger partial charge in [0, 0.05) is 17.2 Å². The molecule has 0 spiro atoms. The van der Waals surface area contributed by atoms with Gasteiger partial charge in [-0.2, -0.15) is 5.26 Å². The quantitative estimate of drug-likeness (QED) is 0.887. The van der Waals surface area contributed by atoms with E-state index in [9.17, 15) is 8.78 Å². The van der Waals surface area contributed by atoms with Crippen LogP contribution in [0, 0.1) is 11.3 Å². The minimum Gasteiger partial charge on any atom is -0.326 e. The maximum absolute atomic E-state index is 12.4. The molecule has 1 heterocycles. The third-order valence-corrected chi connectivity index (χ3v) is 2.56. The van der Waals surface area contributed by atoms with Gasteiger partial charge in [0.05, 0.1) is 5.56 Å². The lowest BCUT2D eigenvalue weighted by atomic mass is 10.1. The molecule has 0 saturated heterocycles. The maximum Gasteiger partial charge on any atom is 0.281 e. The van der Waals surface area contributed by atoms with Crippen LogP contribution in [0.3, 0.4) is 0 Å². The van der Waals surface area contributed by atoms with E-state index in [4.69, 9.17) is 11.0 Å². The van der Waals surface area contributed by atoms with Crippen molar-refractivity contribution in [3.63, 3.8) is 0 Å². The minimum absolute atomic E-state index is 0.145. The molecule has 6 heteroatoms. The average molecular weight is 262 g/mol. The Morgan fingerprint density at radius 2 is 2.29 bits per heavy atom. The number of nitrogens with two attached hydrogens (primary N) is 1. The van der Waals surface area contributed by atoms with E-state index in [-0.39, 0.29) is 12.1 Å². The van der Waals surface area contributed by atoms with Gasteiger partial charge in [0.2, 0.25) is 0 Å². The minimum atomic E-state index is -2.76. The number of pyridine rings is 1. The van der Waals surface area contributed by atoms with Gasteiger partial charge in [-0.1, -0.05) is 0 Å². The van der Waals surface area contributed by atoms with Gasteiger partial charge in [-0.05, 0) is 21.5 Å². The zero-order valence-corrected chi connectivity index (χ0v) is 8.55. The number of rotatable bonds is 2. The summed E-state index contributed by atoms with van der Waals surface area (Å²) in [5, 5.41) is 8.67. The zero-order valence-electron chi connectivity index (χ0n) is 6.97. The predicted molar refractivity (Wildman–Crippen MR) is 49.5 cm³/mol. The molecular formula is C8H6BrF2N3. The standard InChI is InChI=1S/C8H6BrF2N3/c9-6-4(1-12)3-14-7(8(10)11)5(6)2-13/h3,8H,1,12H2. The van der Waals surface area contributed by atoms with Gasteiger partial charge in [0.15, 0.2) is 0 Å². The number of nitriles is 1. The van der Waals surface area contributed by atoms with Crippen molar-refractivity contribution >= 4 is 15.9 Å². The van der Waals surface area contributed by atoms with Crippen LogP contribution in [0.25, 0.3) is 0 Å². The summed E-state index contributed by atoms with van der Waals surface area (Å²) >= 11 is 3.04. The molecule has 2 N–H and O–H groups in total. The highest BCUT2D eigenvalue weighted by molar-refractivity contribution is 9.10. The van der Waals surface area contributed by atoms with Crippen LogP contribution in [-0.2, 0) is 6.54 Å². The summed E-state index contributed by atoms with van der Waals surface area (Å²) < 4.78 is 25.0. The maximum atomic E-state index is 12.4. The van der Waals surface area contributed by atoms with Crippen molar-refractivity contribution in [2.75, 3.05) is 0 Å². The zero-order chi connectivity index (χ0) is 10.7. The number of alkyl halides is 2. The van der Waals surface area contributed by atoms with Crippen molar-refractivity contribution in [1.29, 1.82) is 5.26 Å². The van der Waals surface area contributed by atoms with E-state index in [0.29, 0.717) is 10.0 Å². The summed E-state index contributed by atoms with van der Waals surface area (Å²) in [6.45, 7) is 0.145.